The molecular formula is C11H25N3O2S. The summed E-state index contributed by atoms with van der Waals surface area (Å²) in [4.78, 5) is 0. The molecular weight excluding hydrogens is 238 g/mol. The van der Waals surface area contributed by atoms with Crippen LogP contribution in [0.3, 0.4) is 0 Å². The molecule has 0 aromatic rings. The van der Waals surface area contributed by atoms with Crippen molar-refractivity contribution >= 4 is 10.2 Å². The predicted octanol–water partition coefficient (Wildman–Crippen LogP) is 0.680. The molecule has 17 heavy (non-hydrogen) atoms. The SMILES string of the molecule is CCC(CC)NS(=O)(=O)N1CCC(CN)CC1. The van der Waals surface area contributed by atoms with E-state index in [1.165, 1.54) is 0 Å². The lowest BCUT2D eigenvalue weighted by Crippen LogP contribution is -2.48. The lowest BCUT2D eigenvalue weighted by molar-refractivity contribution is 0.274. The van der Waals surface area contributed by atoms with Crippen LogP contribution >= 0.6 is 0 Å². The predicted molar refractivity (Wildman–Crippen MR) is 69.8 cm³/mol. The molecule has 1 aliphatic heterocycles. The Balaban J connectivity index is 2.54. The van der Waals surface area contributed by atoms with Crippen LogP contribution in [0.5, 0.6) is 0 Å². The fraction of sp³-hybridized carbons (Fsp3) is 1.00. The largest absolute Gasteiger partial charge is 0.330 e. The van der Waals surface area contributed by atoms with E-state index in [4.69, 9.17) is 5.73 Å². The van der Waals surface area contributed by atoms with E-state index in [0.717, 1.165) is 25.7 Å². The lowest BCUT2D eigenvalue weighted by Gasteiger charge is -2.31. The van der Waals surface area contributed by atoms with Gasteiger partial charge >= 0.3 is 0 Å². The average molecular weight is 263 g/mol. The van der Waals surface area contributed by atoms with Crippen LogP contribution < -0.4 is 10.5 Å². The average Bonchev–Trinajstić information content (AvgIpc) is 2.36. The summed E-state index contributed by atoms with van der Waals surface area (Å²) in [5, 5.41) is 0. The summed E-state index contributed by atoms with van der Waals surface area (Å²) in [5.74, 6) is 0.481. The Hall–Kier alpha value is -0.170. The van der Waals surface area contributed by atoms with E-state index in [9.17, 15) is 8.42 Å². The highest BCUT2D eigenvalue weighted by Gasteiger charge is 2.28. The number of rotatable bonds is 6. The Bertz CT molecular complexity index is 307. The molecule has 0 aromatic heterocycles. The van der Waals surface area contributed by atoms with Crippen LogP contribution in [-0.4, -0.2) is 38.4 Å². The van der Waals surface area contributed by atoms with Gasteiger partial charge in [0.1, 0.15) is 0 Å². The molecule has 1 saturated heterocycles. The molecule has 1 heterocycles. The van der Waals surface area contributed by atoms with Gasteiger partial charge < -0.3 is 5.73 Å². The maximum absolute atomic E-state index is 12.1. The van der Waals surface area contributed by atoms with Gasteiger partial charge in [0.25, 0.3) is 10.2 Å². The smallest absolute Gasteiger partial charge is 0.279 e. The van der Waals surface area contributed by atoms with Crippen molar-refractivity contribution in [3.63, 3.8) is 0 Å². The molecule has 0 radical (unpaired) electrons. The summed E-state index contributed by atoms with van der Waals surface area (Å²) >= 11 is 0. The third-order valence-electron chi connectivity index (χ3n) is 3.55. The maximum atomic E-state index is 12.1. The Kier molecular flexibility index (Phi) is 5.85. The lowest BCUT2D eigenvalue weighted by atomic mass is 9.99. The van der Waals surface area contributed by atoms with Gasteiger partial charge in [-0.3, -0.25) is 0 Å². The van der Waals surface area contributed by atoms with Crippen molar-refractivity contribution in [2.24, 2.45) is 11.7 Å². The maximum Gasteiger partial charge on any atom is 0.279 e. The van der Waals surface area contributed by atoms with Crippen molar-refractivity contribution in [3.05, 3.63) is 0 Å². The summed E-state index contributed by atoms with van der Waals surface area (Å²) in [6.07, 6.45) is 3.41. The number of nitrogens with one attached hydrogen (secondary N) is 1. The Labute approximate surface area is 105 Å². The van der Waals surface area contributed by atoms with E-state index in [0.29, 0.717) is 25.6 Å². The second kappa shape index (κ2) is 6.68. The first kappa shape index (κ1) is 14.9. The van der Waals surface area contributed by atoms with Crippen molar-refractivity contribution < 1.29 is 8.42 Å². The molecule has 0 spiro atoms. The minimum Gasteiger partial charge on any atom is -0.330 e. The van der Waals surface area contributed by atoms with Crippen LogP contribution in [0.1, 0.15) is 39.5 Å². The fourth-order valence-electron chi connectivity index (χ4n) is 2.13. The highest BCUT2D eigenvalue weighted by molar-refractivity contribution is 7.87. The van der Waals surface area contributed by atoms with Gasteiger partial charge in [0, 0.05) is 19.1 Å². The van der Waals surface area contributed by atoms with Gasteiger partial charge in [-0.2, -0.15) is 17.4 Å². The molecule has 0 aliphatic carbocycles. The van der Waals surface area contributed by atoms with E-state index >= 15 is 0 Å². The van der Waals surface area contributed by atoms with Crippen LogP contribution in [-0.2, 0) is 10.2 Å². The monoisotopic (exact) mass is 263 g/mol. The fourth-order valence-corrected chi connectivity index (χ4v) is 3.72. The third-order valence-corrected chi connectivity index (χ3v) is 5.22. The molecule has 102 valence electrons. The van der Waals surface area contributed by atoms with E-state index < -0.39 is 10.2 Å². The summed E-state index contributed by atoms with van der Waals surface area (Å²) in [6, 6.07) is 0.0484. The zero-order valence-corrected chi connectivity index (χ0v) is 11.7. The Morgan fingerprint density at radius 2 is 1.82 bits per heavy atom. The Morgan fingerprint density at radius 3 is 2.24 bits per heavy atom. The summed E-state index contributed by atoms with van der Waals surface area (Å²) in [5.41, 5.74) is 5.60. The number of hydrogen-bond donors (Lipinski definition) is 2. The minimum absolute atomic E-state index is 0.0484. The van der Waals surface area contributed by atoms with E-state index in [1.54, 1.807) is 4.31 Å². The molecule has 0 saturated carbocycles. The zero-order chi connectivity index (χ0) is 12.9. The first-order chi connectivity index (χ1) is 8.03. The quantitative estimate of drug-likeness (QED) is 0.740. The zero-order valence-electron chi connectivity index (χ0n) is 10.9. The summed E-state index contributed by atoms with van der Waals surface area (Å²) in [7, 11) is -3.30. The molecule has 6 heteroatoms. The van der Waals surface area contributed by atoms with E-state index in [2.05, 4.69) is 4.72 Å². The molecule has 0 unspecified atom stereocenters. The van der Waals surface area contributed by atoms with Gasteiger partial charge in [-0.15, -0.1) is 0 Å². The molecule has 1 fully saturated rings. The topological polar surface area (TPSA) is 75.4 Å². The van der Waals surface area contributed by atoms with Crippen molar-refractivity contribution in [3.8, 4) is 0 Å². The second-order valence-corrected chi connectivity index (χ2v) is 6.42. The highest BCUT2D eigenvalue weighted by atomic mass is 32.2. The second-order valence-electron chi connectivity index (χ2n) is 4.71. The van der Waals surface area contributed by atoms with E-state index in [1.807, 2.05) is 13.8 Å². The molecule has 0 bridgehead atoms. The summed E-state index contributed by atoms with van der Waals surface area (Å²) in [6.45, 7) is 5.84. The standard InChI is InChI=1S/C11H25N3O2S/c1-3-11(4-2)13-17(15,16)14-7-5-10(9-12)6-8-14/h10-11,13H,3-9,12H2,1-2H3. The van der Waals surface area contributed by atoms with Gasteiger partial charge in [-0.1, -0.05) is 13.8 Å². The Morgan fingerprint density at radius 1 is 1.29 bits per heavy atom. The highest BCUT2D eigenvalue weighted by Crippen LogP contribution is 2.18. The van der Waals surface area contributed by atoms with Crippen molar-refractivity contribution in [1.82, 2.24) is 9.03 Å². The van der Waals surface area contributed by atoms with Gasteiger partial charge in [0.2, 0.25) is 0 Å². The number of nitrogens with zero attached hydrogens (tertiary/aromatic N) is 1. The van der Waals surface area contributed by atoms with Crippen LogP contribution in [0.2, 0.25) is 0 Å². The van der Waals surface area contributed by atoms with Crippen molar-refractivity contribution in [2.75, 3.05) is 19.6 Å². The molecule has 0 amide bonds. The molecule has 5 nitrogen and oxygen atoms in total. The third kappa shape index (κ3) is 4.21. The number of hydrogen-bond acceptors (Lipinski definition) is 3. The molecule has 1 aliphatic rings. The van der Waals surface area contributed by atoms with Crippen LogP contribution in [0.25, 0.3) is 0 Å². The van der Waals surface area contributed by atoms with Crippen LogP contribution in [0.15, 0.2) is 0 Å². The normalized spacial score (nSPS) is 20.0. The van der Waals surface area contributed by atoms with Crippen LogP contribution in [0, 0.1) is 5.92 Å². The first-order valence-corrected chi connectivity index (χ1v) is 7.94. The van der Waals surface area contributed by atoms with Crippen LogP contribution in [0.4, 0.5) is 0 Å². The van der Waals surface area contributed by atoms with E-state index in [-0.39, 0.29) is 6.04 Å². The summed E-state index contributed by atoms with van der Waals surface area (Å²) < 4.78 is 28.5. The van der Waals surface area contributed by atoms with Crippen molar-refractivity contribution in [1.29, 1.82) is 0 Å². The van der Waals surface area contributed by atoms with Gasteiger partial charge in [-0.05, 0) is 38.1 Å². The van der Waals surface area contributed by atoms with Gasteiger partial charge in [0.05, 0.1) is 0 Å². The molecule has 1 rings (SSSR count). The number of nitrogens with two attached hydrogens (primary N) is 1. The minimum atomic E-state index is -3.30. The van der Waals surface area contributed by atoms with Gasteiger partial charge in [-0.25, -0.2) is 0 Å². The van der Waals surface area contributed by atoms with Gasteiger partial charge in [0.15, 0.2) is 0 Å². The number of piperidine rings is 1. The molecule has 0 atom stereocenters. The first-order valence-electron chi connectivity index (χ1n) is 6.50. The molecule has 0 aromatic carbocycles. The molecule has 3 N–H and O–H groups in total. The van der Waals surface area contributed by atoms with Crippen molar-refractivity contribution in [2.45, 2.75) is 45.6 Å².